The second-order valence-electron chi connectivity index (χ2n) is 5.50. The second-order valence-corrected chi connectivity index (χ2v) is 5.50. The number of aromatic nitrogens is 1. The average molecular weight is 288 g/mol. The molecule has 5 nitrogen and oxygen atoms in total. The number of likely N-dealkylation sites (tertiary alicyclic amines) is 1. The van der Waals surface area contributed by atoms with Crippen molar-refractivity contribution in [2.75, 3.05) is 13.7 Å². The van der Waals surface area contributed by atoms with E-state index in [0.717, 1.165) is 42.9 Å². The molecule has 0 aliphatic carbocycles. The van der Waals surface area contributed by atoms with Crippen molar-refractivity contribution in [2.24, 2.45) is 0 Å². The van der Waals surface area contributed by atoms with E-state index in [0.29, 0.717) is 11.8 Å². The van der Waals surface area contributed by atoms with Crippen molar-refractivity contribution in [3.8, 4) is 11.5 Å². The number of aromatic hydroxyl groups is 1. The number of aryl methyl sites for hydroxylation is 1. The van der Waals surface area contributed by atoms with Gasteiger partial charge in [0.1, 0.15) is 11.5 Å². The SMILES string of the molecule is COc1cc(CN2CCCC2c2cc(C)on2)ccc1O. The zero-order valence-corrected chi connectivity index (χ0v) is 12.4. The Hall–Kier alpha value is -2.01. The van der Waals surface area contributed by atoms with Crippen molar-refractivity contribution >= 4 is 0 Å². The van der Waals surface area contributed by atoms with Gasteiger partial charge in [-0.15, -0.1) is 0 Å². The van der Waals surface area contributed by atoms with Crippen LogP contribution in [0.25, 0.3) is 0 Å². The van der Waals surface area contributed by atoms with Gasteiger partial charge in [-0.05, 0) is 44.0 Å². The summed E-state index contributed by atoms with van der Waals surface area (Å²) in [5.74, 6) is 1.54. The third kappa shape index (κ3) is 2.88. The van der Waals surface area contributed by atoms with Gasteiger partial charge >= 0.3 is 0 Å². The third-order valence-electron chi connectivity index (χ3n) is 3.98. The normalized spacial score (nSPS) is 19.0. The molecule has 0 amide bonds. The lowest BCUT2D eigenvalue weighted by atomic mass is 10.1. The van der Waals surface area contributed by atoms with Crippen molar-refractivity contribution in [3.63, 3.8) is 0 Å². The summed E-state index contributed by atoms with van der Waals surface area (Å²) in [6, 6.07) is 7.82. The first kappa shape index (κ1) is 13.9. The molecule has 112 valence electrons. The zero-order chi connectivity index (χ0) is 14.8. The van der Waals surface area contributed by atoms with E-state index in [1.54, 1.807) is 13.2 Å². The van der Waals surface area contributed by atoms with E-state index in [1.165, 1.54) is 0 Å². The first-order valence-corrected chi connectivity index (χ1v) is 7.20. The van der Waals surface area contributed by atoms with Crippen LogP contribution in [-0.4, -0.2) is 28.8 Å². The summed E-state index contributed by atoms with van der Waals surface area (Å²) in [7, 11) is 1.57. The van der Waals surface area contributed by atoms with Gasteiger partial charge < -0.3 is 14.4 Å². The maximum atomic E-state index is 9.67. The Kier molecular flexibility index (Phi) is 3.84. The number of phenolic OH excluding ortho intramolecular Hbond substituents is 1. The molecule has 0 bridgehead atoms. The maximum absolute atomic E-state index is 9.67. The summed E-state index contributed by atoms with van der Waals surface area (Å²) in [4.78, 5) is 2.39. The van der Waals surface area contributed by atoms with Crippen LogP contribution in [0, 0.1) is 6.92 Å². The summed E-state index contributed by atoms with van der Waals surface area (Å²) in [6.07, 6.45) is 2.26. The molecule has 3 rings (SSSR count). The van der Waals surface area contributed by atoms with Crippen molar-refractivity contribution in [3.05, 3.63) is 41.3 Å². The number of methoxy groups -OCH3 is 1. The van der Waals surface area contributed by atoms with Gasteiger partial charge in [0, 0.05) is 12.6 Å². The molecular weight excluding hydrogens is 268 g/mol. The number of hydrogen-bond acceptors (Lipinski definition) is 5. The van der Waals surface area contributed by atoms with Gasteiger partial charge in [-0.1, -0.05) is 11.2 Å². The Morgan fingerprint density at radius 1 is 1.43 bits per heavy atom. The van der Waals surface area contributed by atoms with Crippen LogP contribution in [0.2, 0.25) is 0 Å². The van der Waals surface area contributed by atoms with Gasteiger partial charge in [-0.2, -0.15) is 0 Å². The highest BCUT2D eigenvalue weighted by molar-refractivity contribution is 5.41. The molecule has 1 unspecified atom stereocenters. The molecule has 1 saturated heterocycles. The third-order valence-corrected chi connectivity index (χ3v) is 3.98. The Bertz CT molecular complexity index is 624. The fraction of sp³-hybridized carbons (Fsp3) is 0.438. The number of benzene rings is 1. The highest BCUT2D eigenvalue weighted by Crippen LogP contribution is 2.34. The number of ether oxygens (including phenoxy) is 1. The lowest BCUT2D eigenvalue weighted by molar-refractivity contribution is 0.236. The van der Waals surface area contributed by atoms with Crippen molar-refractivity contribution < 1.29 is 14.4 Å². The average Bonchev–Trinajstić information content (AvgIpc) is 3.09. The largest absolute Gasteiger partial charge is 0.504 e. The Morgan fingerprint density at radius 2 is 2.29 bits per heavy atom. The number of phenols is 1. The van der Waals surface area contributed by atoms with Crippen molar-refractivity contribution in [1.82, 2.24) is 10.1 Å². The van der Waals surface area contributed by atoms with Crippen LogP contribution in [0.1, 0.15) is 35.9 Å². The van der Waals surface area contributed by atoms with E-state index < -0.39 is 0 Å². The van der Waals surface area contributed by atoms with Gasteiger partial charge in [0.05, 0.1) is 13.2 Å². The van der Waals surface area contributed by atoms with E-state index in [2.05, 4.69) is 10.1 Å². The minimum absolute atomic E-state index is 0.173. The summed E-state index contributed by atoms with van der Waals surface area (Å²) in [5.41, 5.74) is 2.13. The fourth-order valence-corrected chi connectivity index (χ4v) is 2.95. The predicted molar refractivity (Wildman–Crippen MR) is 78.3 cm³/mol. The molecule has 21 heavy (non-hydrogen) atoms. The molecule has 1 N–H and O–H groups in total. The van der Waals surface area contributed by atoms with E-state index in [1.807, 2.05) is 25.1 Å². The molecule has 0 spiro atoms. The van der Waals surface area contributed by atoms with E-state index in [-0.39, 0.29) is 5.75 Å². The summed E-state index contributed by atoms with van der Waals surface area (Å²) in [6.45, 7) is 3.77. The van der Waals surface area contributed by atoms with Crippen LogP contribution in [0.15, 0.2) is 28.8 Å². The Labute approximate surface area is 124 Å². The molecule has 2 aromatic rings. The minimum atomic E-state index is 0.173. The second kappa shape index (κ2) is 5.77. The highest BCUT2D eigenvalue weighted by Gasteiger charge is 2.28. The number of nitrogens with zero attached hydrogens (tertiary/aromatic N) is 2. The van der Waals surface area contributed by atoms with Crippen LogP contribution in [-0.2, 0) is 6.54 Å². The van der Waals surface area contributed by atoms with Crippen LogP contribution in [0.5, 0.6) is 11.5 Å². The summed E-state index contributed by atoms with van der Waals surface area (Å²) < 4.78 is 10.4. The minimum Gasteiger partial charge on any atom is -0.504 e. The zero-order valence-electron chi connectivity index (χ0n) is 12.4. The van der Waals surface area contributed by atoms with Crippen molar-refractivity contribution in [1.29, 1.82) is 0 Å². The van der Waals surface area contributed by atoms with Crippen LogP contribution >= 0.6 is 0 Å². The Balaban J connectivity index is 1.77. The van der Waals surface area contributed by atoms with Crippen LogP contribution in [0.4, 0.5) is 0 Å². The molecule has 2 heterocycles. The molecule has 1 aromatic heterocycles. The van der Waals surface area contributed by atoms with E-state index >= 15 is 0 Å². The first-order valence-electron chi connectivity index (χ1n) is 7.20. The summed E-state index contributed by atoms with van der Waals surface area (Å²) >= 11 is 0. The number of rotatable bonds is 4. The monoisotopic (exact) mass is 288 g/mol. The van der Waals surface area contributed by atoms with Gasteiger partial charge in [0.2, 0.25) is 0 Å². The molecule has 0 radical (unpaired) electrons. The van der Waals surface area contributed by atoms with Gasteiger partial charge in [-0.3, -0.25) is 4.90 Å². The fourth-order valence-electron chi connectivity index (χ4n) is 2.95. The lowest BCUT2D eigenvalue weighted by Gasteiger charge is -2.22. The van der Waals surface area contributed by atoms with Gasteiger partial charge in [-0.25, -0.2) is 0 Å². The van der Waals surface area contributed by atoms with Crippen LogP contribution in [0.3, 0.4) is 0 Å². The Morgan fingerprint density at radius 3 is 3.00 bits per heavy atom. The molecule has 5 heteroatoms. The first-order chi connectivity index (χ1) is 10.2. The van der Waals surface area contributed by atoms with E-state index in [9.17, 15) is 5.11 Å². The van der Waals surface area contributed by atoms with Gasteiger partial charge in [0.15, 0.2) is 11.5 Å². The topological polar surface area (TPSA) is 58.7 Å². The molecule has 1 fully saturated rings. The molecule has 1 aliphatic heterocycles. The molecule has 0 saturated carbocycles. The quantitative estimate of drug-likeness (QED) is 0.937. The van der Waals surface area contributed by atoms with E-state index in [4.69, 9.17) is 9.26 Å². The molecular formula is C16H20N2O3. The summed E-state index contributed by atoms with van der Waals surface area (Å²) in [5, 5.41) is 13.8. The maximum Gasteiger partial charge on any atom is 0.160 e. The lowest BCUT2D eigenvalue weighted by Crippen LogP contribution is -2.23. The smallest absolute Gasteiger partial charge is 0.160 e. The van der Waals surface area contributed by atoms with Crippen LogP contribution < -0.4 is 4.74 Å². The molecule has 1 atom stereocenters. The standard InChI is InChI=1S/C16H20N2O3/c1-11-8-13(17-21-11)14-4-3-7-18(14)10-12-5-6-15(19)16(9-12)20-2/h5-6,8-9,14,19H,3-4,7,10H2,1-2H3. The highest BCUT2D eigenvalue weighted by atomic mass is 16.5. The molecule has 1 aromatic carbocycles. The van der Waals surface area contributed by atoms with Gasteiger partial charge in [0.25, 0.3) is 0 Å². The number of hydrogen-bond donors (Lipinski definition) is 1. The predicted octanol–water partition coefficient (Wildman–Crippen LogP) is 3.03. The van der Waals surface area contributed by atoms with Crippen molar-refractivity contribution in [2.45, 2.75) is 32.4 Å². The molecule has 1 aliphatic rings.